The third-order valence-electron chi connectivity index (χ3n) is 5.05. The zero-order valence-corrected chi connectivity index (χ0v) is 15.2. The topological polar surface area (TPSA) is 79.2 Å². The molecule has 0 aliphatic heterocycles. The van der Waals surface area contributed by atoms with E-state index in [9.17, 15) is 19.7 Å². The Morgan fingerprint density at radius 1 is 1.07 bits per heavy atom. The molecule has 2 aromatic carbocycles. The van der Waals surface area contributed by atoms with Gasteiger partial charge in [-0.3, -0.25) is 0 Å². The maximum absolute atomic E-state index is 13.8. The second-order valence-corrected chi connectivity index (χ2v) is 6.99. The summed E-state index contributed by atoms with van der Waals surface area (Å²) in [5, 5.41) is 29.3. The third-order valence-corrected chi connectivity index (χ3v) is 5.05. The van der Waals surface area contributed by atoms with Gasteiger partial charge < -0.3 is 24.8 Å². The van der Waals surface area contributed by atoms with Crippen molar-refractivity contribution in [2.45, 2.75) is 37.6 Å². The second kappa shape index (κ2) is 8.69. The van der Waals surface area contributed by atoms with Gasteiger partial charge in [0.15, 0.2) is 0 Å². The van der Waals surface area contributed by atoms with Crippen molar-refractivity contribution in [2.75, 3.05) is 13.7 Å². The number of methoxy groups -OCH3 is 1. The summed E-state index contributed by atoms with van der Waals surface area (Å²) in [6, 6.07) is 11.9. The second-order valence-electron chi connectivity index (χ2n) is 6.99. The average molecular weight is 376 g/mol. The van der Waals surface area contributed by atoms with E-state index in [1.807, 2.05) is 24.3 Å². The van der Waals surface area contributed by atoms with Gasteiger partial charge in [0.05, 0.1) is 19.3 Å². The van der Waals surface area contributed by atoms with Crippen molar-refractivity contribution in [1.29, 1.82) is 0 Å². The molecule has 1 fully saturated rings. The Hall–Kier alpha value is -2.15. The molecule has 1 saturated carbocycles. The lowest BCUT2D eigenvalue weighted by atomic mass is 9.83. The minimum atomic E-state index is -0.957. The lowest BCUT2D eigenvalue weighted by Crippen LogP contribution is -2.46. The Balaban J connectivity index is 1.77. The van der Waals surface area contributed by atoms with Gasteiger partial charge in [-0.05, 0) is 42.3 Å². The predicted molar refractivity (Wildman–Crippen MR) is 98.4 cm³/mol. The minimum Gasteiger partial charge on any atom is -0.497 e. The number of ether oxygens (including phenoxy) is 2. The highest BCUT2D eigenvalue weighted by Gasteiger charge is 2.36. The first-order valence-corrected chi connectivity index (χ1v) is 9.05. The maximum atomic E-state index is 13.8. The van der Waals surface area contributed by atoms with E-state index < -0.39 is 18.1 Å². The van der Waals surface area contributed by atoms with Crippen LogP contribution in [0.5, 0.6) is 11.5 Å². The van der Waals surface area contributed by atoms with E-state index in [0.717, 1.165) is 11.3 Å². The van der Waals surface area contributed by atoms with Crippen molar-refractivity contribution in [3.05, 3.63) is 59.4 Å². The molecule has 2 aromatic rings. The van der Waals surface area contributed by atoms with Crippen molar-refractivity contribution in [3.8, 4) is 11.5 Å². The fourth-order valence-corrected chi connectivity index (χ4v) is 3.52. The van der Waals surface area contributed by atoms with Crippen LogP contribution in [0.2, 0.25) is 0 Å². The Bertz CT molecular complexity index is 749. The van der Waals surface area contributed by atoms with E-state index >= 15 is 0 Å². The van der Waals surface area contributed by atoms with Crippen molar-refractivity contribution in [1.82, 2.24) is 0 Å². The monoisotopic (exact) mass is 376 g/mol. The van der Waals surface area contributed by atoms with Crippen LogP contribution in [0, 0.1) is 11.7 Å². The van der Waals surface area contributed by atoms with Crippen molar-refractivity contribution in [2.24, 2.45) is 5.92 Å². The van der Waals surface area contributed by atoms with Crippen LogP contribution in [0.1, 0.15) is 24.0 Å². The number of hydrogen-bond acceptors (Lipinski definition) is 5. The molecule has 0 saturated heterocycles. The number of aliphatic hydroxyl groups excluding tert-OH is 3. The van der Waals surface area contributed by atoms with E-state index in [-0.39, 0.29) is 24.9 Å². The highest BCUT2D eigenvalue weighted by molar-refractivity contribution is 5.39. The fourth-order valence-electron chi connectivity index (χ4n) is 3.52. The van der Waals surface area contributed by atoms with Gasteiger partial charge in [-0.2, -0.15) is 0 Å². The predicted octanol–water partition coefficient (Wildman–Crippen LogP) is 2.30. The van der Waals surface area contributed by atoms with Crippen LogP contribution < -0.4 is 9.47 Å². The van der Waals surface area contributed by atoms with Crippen molar-refractivity contribution >= 4 is 0 Å². The summed E-state index contributed by atoms with van der Waals surface area (Å²) in [6.45, 7) is -0.222. The van der Waals surface area contributed by atoms with Crippen LogP contribution in [-0.2, 0) is 6.42 Å². The van der Waals surface area contributed by atoms with E-state index in [1.165, 1.54) is 12.1 Å². The van der Waals surface area contributed by atoms with Crippen LogP contribution in [0.25, 0.3) is 0 Å². The molecular formula is C21H25FO5. The van der Waals surface area contributed by atoms with Gasteiger partial charge in [0, 0.05) is 30.9 Å². The minimum absolute atomic E-state index is 0.222. The van der Waals surface area contributed by atoms with Crippen LogP contribution in [0.15, 0.2) is 42.5 Å². The third kappa shape index (κ3) is 4.77. The highest BCUT2D eigenvalue weighted by atomic mass is 19.1. The van der Waals surface area contributed by atoms with Crippen molar-refractivity contribution in [3.63, 3.8) is 0 Å². The molecule has 0 aromatic heterocycles. The first kappa shape index (κ1) is 19.6. The summed E-state index contributed by atoms with van der Waals surface area (Å²) in [7, 11) is 1.60. The summed E-state index contributed by atoms with van der Waals surface area (Å²) in [5.41, 5.74) is 1.68. The molecule has 1 aliphatic rings. The summed E-state index contributed by atoms with van der Waals surface area (Å²) < 4.78 is 25.0. The first-order valence-electron chi connectivity index (χ1n) is 9.05. The zero-order valence-electron chi connectivity index (χ0n) is 15.2. The van der Waals surface area contributed by atoms with Crippen LogP contribution >= 0.6 is 0 Å². The van der Waals surface area contributed by atoms with Crippen molar-refractivity contribution < 1.29 is 29.2 Å². The Morgan fingerprint density at radius 3 is 2.48 bits per heavy atom. The van der Waals surface area contributed by atoms with Gasteiger partial charge >= 0.3 is 0 Å². The molecule has 0 unspecified atom stereocenters. The maximum Gasteiger partial charge on any atom is 0.123 e. The zero-order chi connectivity index (χ0) is 19.4. The van der Waals surface area contributed by atoms with Gasteiger partial charge in [0.25, 0.3) is 0 Å². The Morgan fingerprint density at radius 2 is 1.81 bits per heavy atom. The molecule has 4 atom stereocenters. The fraction of sp³-hybridized carbons (Fsp3) is 0.429. The Labute approximate surface area is 158 Å². The molecule has 0 radical (unpaired) electrons. The first-order chi connectivity index (χ1) is 13.0. The van der Waals surface area contributed by atoms with Crippen LogP contribution in [0.4, 0.5) is 4.39 Å². The lowest BCUT2D eigenvalue weighted by Gasteiger charge is -2.36. The molecule has 3 rings (SSSR count). The van der Waals surface area contributed by atoms with E-state index in [0.29, 0.717) is 24.2 Å². The molecule has 1 aliphatic carbocycles. The summed E-state index contributed by atoms with van der Waals surface area (Å²) >= 11 is 0. The summed E-state index contributed by atoms with van der Waals surface area (Å²) in [6.07, 6.45) is -1.10. The van der Waals surface area contributed by atoms with E-state index in [2.05, 4.69) is 0 Å². The standard InChI is InChI=1S/C21H25FO5/c1-26-17-5-2-13(3-6-17)8-14-9-16(22)4-7-20(14)27-18-10-15(12-23)21(25)19(24)11-18/h2-7,9,15,18-19,21,23-25H,8,10-12H2,1H3/t15-,18-,19-,21-/m1/s1. The van der Waals surface area contributed by atoms with E-state index in [4.69, 9.17) is 9.47 Å². The van der Waals surface area contributed by atoms with Gasteiger partial charge in [-0.1, -0.05) is 12.1 Å². The molecule has 3 N–H and O–H groups in total. The summed E-state index contributed by atoms with van der Waals surface area (Å²) in [4.78, 5) is 0. The van der Waals surface area contributed by atoms with Gasteiger partial charge in [0.1, 0.15) is 23.4 Å². The normalized spacial score (nSPS) is 25.2. The largest absolute Gasteiger partial charge is 0.497 e. The number of benzene rings is 2. The van der Waals surface area contributed by atoms with Gasteiger partial charge in [0.2, 0.25) is 0 Å². The smallest absolute Gasteiger partial charge is 0.123 e. The molecular weight excluding hydrogens is 351 g/mol. The molecule has 6 heteroatoms. The lowest BCUT2D eigenvalue weighted by molar-refractivity contribution is -0.0892. The molecule has 0 spiro atoms. The van der Waals surface area contributed by atoms with Gasteiger partial charge in [-0.25, -0.2) is 4.39 Å². The molecule has 0 amide bonds. The number of aliphatic hydroxyl groups is 3. The SMILES string of the molecule is COc1ccc(Cc2cc(F)ccc2O[C@@H]2C[C@H](CO)[C@@H](O)[C@H](O)C2)cc1. The molecule has 0 bridgehead atoms. The average Bonchev–Trinajstić information content (AvgIpc) is 2.67. The highest BCUT2D eigenvalue weighted by Crippen LogP contribution is 2.31. The molecule has 146 valence electrons. The van der Waals surface area contributed by atoms with Crippen LogP contribution in [0.3, 0.4) is 0 Å². The molecule has 27 heavy (non-hydrogen) atoms. The number of rotatable bonds is 6. The molecule has 5 nitrogen and oxygen atoms in total. The Kier molecular flexibility index (Phi) is 6.31. The quantitative estimate of drug-likeness (QED) is 0.721. The molecule has 0 heterocycles. The number of halogens is 1. The van der Waals surface area contributed by atoms with Crippen LogP contribution in [-0.4, -0.2) is 47.3 Å². The number of hydrogen-bond donors (Lipinski definition) is 3. The van der Waals surface area contributed by atoms with E-state index in [1.54, 1.807) is 13.2 Å². The summed E-state index contributed by atoms with van der Waals surface area (Å²) in [5.74, 6) is 0.499. The van der Waals surface area contributed by atoms with Gasteiger partial charge in [-0.15, -0.1) is 0 Å².